The molecule has 0 heterocycles. The number of hydrogen-bond donors (Lipinski definition) is 2. The molecule has 6 nitrogen and oxygen atoms in total. The molecule has 0 bridgehead atoms. The van der Waals surface area contributed by atoms with Crippen LogP contribution in [0, 0.1) is 11.3 Å². The van der Waals surface area contributed by atoms with Crippen molar-refractivity contribution in [1.82, 2.24) is 10.2 Å². The van der Waals surface area contributed by atoms with Crippen molar-refractivity contribution in [3.63, 3.8) is 0 Å². The van der Waals surface area contributed by atoms with Crippen LogP contribution < -0.4 is 5.32 Å². The van der Waals surface area contributed by atoms with E-state index >= 15 is 0 Å². The lowest BCUT2D eigenvalue weighted by atomic mass is 9.84. The van der Waals surface area contributed by atoms with Crippen LogP contribution in [0.2, 0.25) is 0 Å². The largest absolute Gasteiger partial charge is 0.394 e. The predicted octanol–water partition coefficient (Wildman–Crippen LogP) is 6.90. The smallest absolute Gasteiger partial charge is 0.254 e. The molecule has 1 atom stereocenters. The Hall–Kier alpha value is -3.95. The number of rotatable bonds is 9. The fourth-order valence-corrected chi connectivity index (χ4v) is 5.19. The van der Waals surface area contributed by atoms with E-state index < -0.39 is 0 Å². The van der Waals surface area contributed by atoms with Crippen LogP contribution in [0.25, 0.3) is 0 Å². The summed E-state index contributed by atoms with van der Waals surface area (Å²) in [6, 6.07) is 27.4. The van der Waals surface area contributed by atoms with Crippen molar-refractivity contribution in [2.24, 2.45) is 0 Å². The molecule has 0 unspecified atom stereocenters. The minimum atomic E-state index is -0.288. The van der Waals surface area contributed by atoms with Crippen molar-refractivity contribution in [2.45, 2.75) is 83.3 Å². The van der Waals surface area contributed by atoms with Gasteiger partial charge >= 0.3 is 0 Å². The Morgan fingerprint density at radius 3 is 2.24 bits per heavy atom. The number of hydrogen-bond acceptors (Lipinski definition) is 4. The number of aliphatic hydroxyl groups excluding tert-OH is 1. The molecule has 41 heavy (non-hydrogen) atoms. The van der Waals surface area contributed by atoms with Gasteiger partial charge in [0.2, 0.25) is 6.41 Å². The van der Waals surface area contributed by atoms with Crippen LogP contribution in [0.4, 0.5) is 0 Å². The Balaban J connectivity index is 0.000000278. The van der Waals surface area contributed by atoms with Crippen molar-refractivity contribution in [2.75, 3.05) is 6.61 Å². The number of amides is 2. The van der Waals surface area contributed by atoms with E-state index in [0.29, 0.717) is 36.0 Å². The third-order valence-electron chi connectivity index (χ3n) is 7.55. The Morgan fingerprint density at radius 1 is 0.976 bits per heavy atom. The number of carbonyl (C=O) groups excluding carboxylic acids is 2. The summed E-state index contributed by atoms with van der Waals surface area (Å²) in [6.45, 7) is 4.56. The second kappa shape index (κ2) is 17.0. The Morgan fingerprint density at radius 2 is 1.66 bits per heavy atom. The van der Waals surface area contributed by atoms with Gasteiger partial charge in [-0.25, -0.2) is 0 Å². The monoisotopic (exact) mass is 553 g/mol. The molecular formula is C35H43N3O3. The molecule has 2 amide bonds. The highest BCUT2D eigenvalue weighted by Crippen LogP contribution is 2.33. The molecule has 2 N–H and O–H groups in total. The van der Waals surface area contributed by atoms with E-state index in [1.54, 1.807) is 18.2 Å². The van der Waals surface area contributed by atoms with Gasteiger partial charge in [-0.3, -0.25) is 9.59 Å². The van der Waals surface area contributed by atoms with Crippen LogP contribution in [-0.4, -0.2) is 35.0 Å². The number of nitriles is 1. The van der Waals surface area contributed by atoms with Gasteiger partial charge in [0.05, 0.1) is 24.3 Å². The molecule has 0 aliphatic heterocycles. The average molecular weight is 554 g/mol. The molecule has 6 heteroatoms. The van der Waals surface area contributed by atoms with Gasteiger partial charge in [0.1, 0.15) is 0 Å². The summed E-state index contributed by atoms with van der Waals surface area (Å²) in [7, 11) is 0. The first kappa shape index (κ1) is 31.6. The minimum absolute atomic E-state index is 0.0333. The zero-order chi connectivity index (χ0) is 29.5. The number of benzene rings is 3. The van der Waals surface area contributed by atoms with Crippen LogP contribution in [0.1, 0.15) is 103 Å². The fraction of sp³-hybridized carbons (Fsp3) is 0.400. The maximum absolute atomic E-state index is 13.0. The van der Waals surface area contributed by atoms with Crippen molar-refractivity contribution in [1.29, 1.82) is 5.26 Å². The van der Waals surface area contributed by atoms with Gasteiger partial charge in [-0.15, -0.1) is 0 Å². The molecule has 0 saturated heterocycles. The van der Waals surface area contributed by atoms with Gasteiger partial charge in [0.25, 0.3) is 5.91 Å². The highest BCUT2D eigenvalue weighted by Gasteiger charge is 2.33. The van der Waals surface area contributed by atoms with Gasteiger partial charge < -0.3 is 15.3 Å². The fourth-order valence-electron chi connectivity index (χ4n) is 5.19. The number of nitrogens with zero attached hydrogens (tertiary/aromatic N) is 2. The molecule has 0 radical (unpaired) electrons. The summed E-state index contributed by atoms with van der Waals surface area (Å²) in [6.07, 6.45) is 9.42. The highest BCUT2D eigenvalue weighted by atomic mass is 16.3. The first-order valence-corrected chi connectivity index (χ1v) is 14.9. The summed E-state index contributed by atoms with van der Waals surface area (Å²) >= 11 is 0. The van der Waals surface area contributed by atoms with Gasteiger partial charge in [-0.2, -0.15) is 5.26 Å². The van der Waals surface area contributed by atoms with Gasteiger partial charge in [-0.1, -0.05) is 93.8 Å². The molecule has 0 aromatic heterocycles. The van der Waals surface area contributed by atoms with Crippen LogP contribution in [-0.2, 0) is 11.3 Å². The van der Waals surface area contributed by atoms with Crippen molar-refractivity contribution < 1.29 is 14.7 Å². The lowest BCUT2D eigenvalue weighted by Gasteiger charge is -2.24. The minimum Gasteiger partial charge on any atom is -0.394 e. The van der Waals surface area contributed by atoms with Crippen LogP contribution in [0.5, 0.6) is 0 Å². The summed E-state index contributed by atoms with van der Waals surface area (Å²) in [5.74, 6) is 0.744. The lowest BCUT2D eigenvalue weighted by molar-refractivity contribution is -0.110. The van der Waals surface area contributed by atoms with Crippen molar-refractivity contribution >= 4 is 12.3 Å². The summed E-state index contributed by atoms with van der Waals surface area (Å²) < 4.78 is 0. The number of carbonyl (C=O) groups is 2. The van der Waals surface area contributed by atoms with Crippen LogP contribution >= 0.6 is 0 Å². The van der Waals surface area contributed by atoms with E-state index in [1.807, 2.05) is 55.1 Å². The quantitative estimate of drug-likeness (QED) is 0.282. The molecule has 2 aliphatic rings. The summed E-state index contributed by atoms with van der Waals surface area (Å²) in [5, 5.41) is 20.5. The topological polar surface area (TPSA) is 93.4 Å². The maximum atomic E-state index is 13.0. The van der Waals surface area contributed by atoms with E-state index in [-0.39, 0.29) is 18.6 Å². The molecule has 5 rings (SSSR count). The lowest BCUT2D eigenvalue weighted by Crippen LogP contribution is -2.32. The van der Waals surface area contributed by atoms with E-state index in [0.717, 1.165) is 18.4 Å². The zero-order valence-electron chi connectivity index (χ0n) is 24.3. The molecule has 216 valence electrons. The maximum Gasteiger partial charge on any atom is 0.254 e. The molecule has 2 saturated carbocycles. The second-order valence-electron chi connectivity index (χ2n) is 10.4. The molecule has 3 aromatic rings. The van der Waals surface area contributed by atoms with Crippen molar-refractivity contribution in [3.05, 3.63) is 107 Å². The van der Waals surface area contributed by atoms with Gasteiger partial charge in [0, 0.05) is 18.2 Å². The molecular weight excluding hydrogens is 510 g/mol. The van der Waals surface area contributed by atoms with Crippen molar-refractivity contribution in [3.8, 4) is 6.07 Å². The highest BCUT2D eigenvalue weighted by molar-refractivity contribution is 5.95. The van der Waals surface area contributed by atoms with E-state index in [2.05, 4.69) is 35.7 Å². The third-order valence-corrected chi connectivity index (χ3v) is 7.55. The Labute approximate surface area is 245 Å². The molecule has 3 aromatic carbocycles. The standard InChI is InChI=1S/C24H26N2O.C9H11NO2.C2H6/c25-16-19-5-4-8-22(15-19)24(27)26(23-13-14-23)17-18-9-11-21(12-10-18)20-6-2-1-3-7-20;11-6-9(10-7-12)8-4-2-1-3-5-8;1-2/h4-5,8-12,15,20,23H,1-3,6-7,13-14,17H2;1-5,7,9,11H,6H2,(H,10,12);1-2H3/t;9-;/m.0./s1. The van der Waals surface area contributed by atoms with Crippen LogP contribution in [0.15, 0.2) is 78.9 Å². The second-order valence-corrected chi connectivity index (χ2v) is 10.4. The summed E-state index contributed by atoms with van der Waals surface area (Å²) in [5.41, 5.74) is 4.69. The normalized spacial score (nSPS) is 15.1. The zero-order valence-corrected chi connectivity index (χ0v) is 24.3. The summed E-state index contributed by atoms with van der Waals surface area (Å²) in [4.78, 5) is 25.1. The van der Waals surface area contributed by atoms with E-state index in [9.17, 15) is 9.59 Å². The SMILES string of the molecule is CC.N#Cc1cccc(C(=O)N(Cc2ccc(C3CCCCC3)cc2)C2CC2)c1.O=CN[C@@H](CO)c1ccccc1. The van der Waals surface area contributed by atoms with Gasteiger partial charge in [0.15, 0.2) is 0 Å². The van der Waals surface area contributed by atoms with E-state index in [4.69, 9.17) is 10.4 Å². The molecule has 2 fully saturated rings. The molecule has 0 spiro atoms. The average Bonchev–Trinajstić information content (AvgIpc) is 3.90. The Kier molecular flexibility index (Phi) is 13.1. The molecule has 2 aliphatic carbocycles. The number of aliphatic hydroxyl groups is 1. The first-order valence-electron chi connectivity index (χ1n) is 14.9. The van der Waals surface area contributed by atoms with E-state index in [1.165, 1.54) is 43.2 Å². The predicted molar refractivity (Wildman–Crippen MR) is 163 cm³/mol. The number of nitrogens with one attached hydrogen (secondary N) is 1. The van der Waals surface area contributed by atoms with Crippen LogP contribution in [0.3, 0.4) is 0 Å². The Bertz CT molecular complexity index is 1240. The first-order chi connectivity index (χ1) is 20.1. The van der Waals surface area contributed by atoms with Gasteiger partial charge in [-0.05, 0) is 66.5 Å². The third kappa shape index (κ3) is 9.58.